The van der Waals surface area contributed by atoms with Gasteiger partial charge < -0.3 is 34.6 Å². The van der Waals surface area contributed by atoms with E-state index >= 15 is 0 Å². The minimum atomic E-state index is -0.682. The lowest BCUT2D eigenvalue weighted by Crippen LogP contribution is -2.51. The van der Waals surface area contributed by atoms with Crippen LogP contribution >= 0.6 is 0 Å². The number of ether oxygens (including phenoxy) is 2. The molecule has 3 N–H and O–H groups in total. The molecular formula is C41H54N8O5. The van der Waals surface area contributed by atoms with E-state index in [4.69, 9.17) is 15.8 Å². The number of nitrogens with zero attached hydrogens (tertiary/aromatic N) is 5. The second-order valence-corrected chi connectivity index (χ2v) is 14.4. The molecule has 2 saturated heterocycles. The smallest absolute Gasteiger partial charge is 0.407 e. The van der Waals surface area contributed by atoms with Crippen molar-refractivity contribution in [3.63, 3.8) is 0 Å². The van der Waals surface area contributed by atoms with Gasteiger partial charge in [-0.25, -0.2) is 14.8 Å². The molecule has 2 aromatic carbocycles. The second-order valence-electron chi connectivity index (χ2n) is 14.4. The highest BCUT2D eigenvalue weighted by atomic mass is 16.5. The zero-order valence-electron chi connectivity index (χ0n) is 33.0. The molecule has 0 saturated carbocycles. The monoisotopic (exact) mass is 739 g/mol. The molecule has 4 aromatic rings. The molecule has 2 aromatic heterocycles. The molecule has 0 radical (unpaired) electrons. The van der Waals surface area contributed by atoms with Crippen LogP contribution in [0.4, 0.5) is 4.79 Å². The number of benzene rings is 2. The van der Waals surface area contributed by atoms with Crippen molar-refractivity contribution < 1.29 is 25.2 Å². The molecule has 3 amide bonds. The van der Waals surface area contributed by atoms with Gasteiger partial charge in [-0.1, -0.05) is 76.2 Å². The van der Waals surface area contributed by atoms with Crippen LogP contribution < -0.4 is 5.32 Å². The molecule has 13 nitrogen and oxygen atoms in total. The van der Waals surface area contributed by atoms with E-state index in [-0.39, 0.29) is 43.5 Å². The van der Waals surface area contributed by atoms with Crippen LogP contribution in [0, 0.1) is 5.92 Å². The number of aromatic amines is 2. The number of carbonyl (C=O) groups is 3. The van der Waals surface area contributed by atoms with E-state index in [2.05, 4.69) is 73.7 Å². The van der Waals surface area contributed by atoms with Gasteiger partial charge in [-0.05, 0) is 66.9 Å². The summed E-state index contributed by atoms with van der Waals surface area (Å²) < 4.78 is 17.6. The van der Waals surface area contributed by atoms with Gasteiger partial charge in [-0.2, -0.15) is 0 Å². The molecule has 2 aliphatic heterocycles. The summed E-state index contributed by atoms with van der Waals surface area (Å²) in [5, 5.41) is 2.70. The first-order valence-electron chi connectivity index (χ1n) is 19.7. The average Bonchev–Trinajstić information content (AvgIpc) is 4.05. The van der Waals surface area contributed by atoms with Gasteiger partial charge >= 0.3 is 6.09 Å². The summed E-state index contributed by atoms with van der Waals surface area (Å²) in [6.07, 6.45) is 6.41. The second kappa shape index (κ2) is 17.4. The first-order valence-corrected chi connectivity index (χ1v) is 19.0. The minimum absolute atomic E-state index is 0.0273. The summed E-state index contributed by atoms with van der Waals surface area (Å²) in [6.45, 7) is 10.8. The number of alkyl carbamates (subject to hydrolysis) is 1. The molecule has 0 spiro atoms. The third-order valence-electron chi connectivity index (χ3n) is 10.8. The molecule has 13 heteroatoms. The van der Waals surface area contributed by atoms with Gasteiger partial charge in [-0.15, -0.1) is 0 Å². The lowest BCUT2D eigenvalue weighted by molar-refractivity contribution is -0.140. The largest absolute Gasteiger partial charge is 0.453 e. The normalized spacial score (nSPS) is 18.6. The third-order valence-corrected chi connectivity index (χ3v) is 10.8. The lowest BCUT2D eigenvalue weighted by Gasteiger charge is -2.33. The number of rotatable bonds is 14. The van der Waals surface area contributed by atoms with Crippen LogP contribution in [0.2, 0.25) is 0 Å². The fourth-order valence-corrected chi connectivity index (χ4v) is 7.80. The summed E-state index contributed by atoms with van der Waals surface area (Å²) in [6, 6.07) is 15.2. The fourth-order valence-electron chi connectivity index (χ4n) is 7.80. The van der Waals surface area contributed by atoms with E-state index in [1.165, 1.54) is 7.11 Å². The predicted molar refractivity (Wildman–Crippen MR) is 207 cm³/mol. The molecule has 0 unspecified atom stereocenters. The van der Waals surface area contributed by atoms with E-state index in [1.54, 1.807) is 0 Å². The Balaban J connectivity index is 1.11. The minimum Gasteiger partial charge on any atom is -0.453 e. The van der Waals surface area contributed by atoms with Gasteiger partial charge in [0.15, 0.2) is 0 Å². The maximum atomic E-state index is 13.8. The number of likely N-dealkylation sites (N-methyl/N-ethyl adjacent to an activating group) is 1. The maximum Gasteiger partial charge on any atom is 0.407 e. The number of amides is 3. The van der Waals surface area contributed by atoms with Crippen molar-refractivity contribution in [1.29, 1.82) is 0 Å². The third kappa shape index (κ3) is 8.22. The summed E-state index contributed by atoms with van der Waals surface area (Å²) in [5.41, 5.74) is 5.90. The Bertz CT molecular complexity index is 1890. The van der Waals surface area contributed by atoms with Crippen molar-refractivity contribution >= 4 is 17.9 Å². The molecule has 54 heavy (non-hydrogen) atoms. The predicted octanol–water partition coefficient (Wildman–Crippen LogP) is 6.20. The highest BCUT2D eigenvalue weighted by Crippen LogP contribution is 2.35. The molecule has 2 aliphatic rings. The van der Waals surface area contributed by atoms with Crippen molar-refractivity contribution in [3.05, 3.63) is 72.6 Å². The van der Waals surface area contributed by atoms with Gasteiger partial charge in [0.1, 0.15) is 23.7 Å². The van der Waals surface area contributed by atoms with Gasteiger partial charge in [0.05, 0.1) is 51.0 Å². The summed E-state index contributed by atoms with van der Waals surface area (Å²) in [5.74, 6) is 1.31. The molecule has 288 valence electrons. The van der Waals surface area contributed by atoms with E-state index in [0.717, 1.165) is 84.1 Å². The highest BCUT2D eigenvalue weighted by Gasteiger charge is 2.39. The first-order chi connectivity index (χ1) is 26.7. The van der Waals surface area contributed by atoms with Gasteiger partial charge in [-0.3, -0.25) is 14.5 Å². The number of nitrogens with one attached hydrogen (secondary N) is 3. The fraction of sp³-hybridized carbons (Fsp3) is 0.488. The van der Waals surface area contributed by atoms with Crippen LogP contribution in [0.5, 0.6) is 0 Å². The Morgan fingerprint density at radius 2 is 1.31 bits per heavy atom. The average molecular weight is 740 g/mol. The maximum absolute atomic E-state index is 13.8. The van der Waals surface area contributed by atoms with Crippen molar-refractivity contribution in [2.75, 3.05) is 47.0 Å². The quantitative estimate of drug-likeness (QED) is 0.139. The Labute approximate surface area is 319 Å². The van der Waals surface area contributed by atoms with Crippen LogP contribution in [0.25, 0.3) is 33.6 Å². The van der Waals surface area contributed by atoms with E-state index < -0.39 is 18.2 Å². The SMILES string of the molecule is [2H]COC[C@@H](C(=O)N1CCC[C@H]1c1ncc(-c2ccc(-c3ccc(-c4cnc([C@@H]5CCCN5C(=O)[C@@H](NC(=O)OC)C(C)C)[nH]4)cc3)cc2)[nH]1)N(CC)CC. The number of aromatic nitrogens is 4. The van der Waals surface area contributed by atoms with Crippen LogP contribution in [-0.4, -0.2) is 112 Å². The Hall–Kier alpha value is -5.01. The molecule has 6 rings (SSSR count). The Morgan fingerprint density at radius 3 is 1.76 bits per heavy atom. The van der Waals surface area contributed by atoms with Gasteiger partial charge in [0.25, 0.3) is 0 Å². The van der Waals surface area contributed by atoms with Gasteiger partial charge in [0.2, 0.25) is 11.8 Å². The first kappa shape index (κ1) is 37.3. The summed E-state index contributed by atoms with van der Waals surface area (Å²) in [7, 11) is 1.12. The van der Waals surface area contributed by atoms with Crippen LogP contribution in [-0.2, 0) is 19.1 Å². The van der Waals surface area contributed by atoms with Crippen molar-refractivity contribution in [2.24, 2.45) is 5.92 Å². The van der Waals surface area contributed by atoms with Crippen molar-refractivity contribution in [1.82, 2.24) is 40.0 Å². The number of imidazole rings is 2. The zero-order chi connectivity index (χ0) is 39.1. The number of hydrogen-bond acceptors (Lipinski definition) is 8. The number of H-pyrrole nitrogens is 2. The summed E-state index contributed by atoms with van der Waals surface area (Å²) in [4.78, 5) is 61.4. The van der Waals surface area contributed by atoms with Crippen molar-refractivity contribution in [3.8, 4) is 33.6 Å². The molecule has 4 atom stereocenters. The zero-order valence-corrected chi connectivity index (χ0v) is 32.0. The summed E-state index contributed by atoms with van der Waals surface area (Å²) >= 11 is 0. The molecular weight excluding hydrogens is 685 g/mol. The Morgan fingerprint density at radius 1 is 0.833 bits per heavy atom. The standard InChI is InChI=1S/C41H54N8O5/c1-7-47(8-2)35(25-53-5)39(50)48-21-9-11-33(48)37-42-23-31(44-37)29-17-13-27(14-18-29)28-15-19-30(20-16-28)32-24-43-38(45-32)34-12-10-22-49(34)40(51)36(26(3)4)46-41(52)54-6/h13-20,23-24,26,33-36H,7-12,21-22,25H2,1-6H3,(H,42,44)(H,43,45)(H,46,52)/t33-,34-,35-,36-/m0/s1/i5D. The lowest BCUT2D eigenvalue weighted by atomic mass is 10.0. The van der Waals surface area contributed by atoms with E-state index in [9.17, 15) is 14.4 Å². The van der Waals surface area contributed by atoms with E-state index in [1.807, 2.05) is 49.9 Å². The number of carbonyl (C=O) groups excluding carboxylic acids is 3. The number of likely N-dealkylation sites (tertiary alicyclic amines) is 2. The molecule has 2 fully saturated rings. The highest BCUT2D eigenvalue weighted by molar-refractivity contribution is 5.86. The van der Waals surface area contributed by atoms with E-state index in [0.29, 0.717) is 13.1 Å². The van der Waals surface area contributed by atoms with Gasteiger partial charge in [0, 0.05) is 20.2 Å². The van der Waals surface area contributed by atoms with Crippen molar-refractivity contribution in [2.45, 2.75) is 77.5 Å². The van der Waals surface area contributed by atoms with Crippen LogP contribution in [0.3, 0.4) is 0 Å². The number of methoxy groups -OCH3 is 2. The number of hydrogen-bond donors (Lipinski definition) is 3. The van der Waals surface area contributed by atoms with Crippen LogP contribution in [0.1, 0.15) is 78.5 Å². The Kier molecular flexibility index (Phi) is 12.0. The van der Waals surface area contributed by atoms with Crippen LogP contribution in [0.15, 0.2) is 60.9 Å². The topological polar surface area (TPSA) is 149 Å². The molecule has 4 heterocycles. The molecule has 0 aliphatic carbocycles. The molecule has 0 bridgehead atoms.